The summed E-state index contributed by atoms with van der Waals surface area (Å²) in [4.78, 5) is 10.7. The molecule has 0 bridgehead atoms. The van der Waals surface area contributed by atoms with E-state index in [4.69, 9.17) is 4.74 Å². The standard InChI is InChI=1S/C13H14N2O2/c1-3-15-8-12(7-14-15)17-13-6-11(9-16)5-4-10(13)2/h4-9H,3H2,1-2H3. The summed E-state index contributed by atoms with van der Waals surface area (Å²) in [7, 11) is 0. The Balaban J connectivity index is 2.25. The lowest BCUT2D eigenvalue weighted by Gasteiger charge is -2.06. The lowest BCUT2D eigenvalue weighted by Crippen LogP contribution is -1.92. The van der Waals surface area contributed by atoms with Gasteiger partial charge in [-0.1, -0.05) is 12.1 Å². The quantitative estimate of drug-likeness (QED) is 0.758. The number of aryl methyl sites for hydroxylation is 2. The first-order valence-corrected chi connectivity index (χ1v) is 5.49. The van der Waals surface area contributed by atoms with Crippen molar-refractivity contribution in [2.45, 2.75) is 20.4 Å². The number of hydrogen-bond acceptors (Lipinski definition) is 3. The van der Waals surface area contributed by atoms with E-state index in [-0.39, 0.29) is 0 Å². The van der Waals surface area contributed by atoms with E-state index in [0.29, 0.717) is 17.1 Å². The maximum atomic E-state index is 10.7. The van der Waals surface area contributed by atoms with Crippen LogP contribution < -0.4 is 4.74 Å². The first-order chi connectivity index (χ1) is 8.22. The molecule has 0 saturated heterocycles. The van der Waals surface area contributed by atoms with Crippen molar-refractivity contribution in [2.75, 3.05) is 0 Å². The second-order valence-electron chi connectivity index (χ2n) is 3.78. The average molecular weight is 230 g/mol. The van der Waals surface area contributed by atoms with Gasteiger partial charge in [0.15, 0.2) is 5.75 Å². The van der Waals surface area contributed by atoms with Gasteiger partial charge in [-0.2, -0.15) is 5.10 Å². The van der Waals surface area contributed by atoms with Crippen molar-refractivity contribution >= 4 is 6.29 Å². The molecule has 17 heavy (non-hydrogen) atoms. The van der Waals surface area contributed by atoms with Crippen molar-refractivity contribution in [1.82, 2.24) is 9.78 Å². The molecule has 1 aromatic carbocycles. The Hall–Kier alpha value is -2.10. The summed E-state index contributed by atoms with van der Waals surface area (Å²) >= 11 is 0. The minimum atomic E-state index is 0.605. The highest BCUT2D eigenvalue weighted by Crippen LogP contribution is 2.25. The SMILES string of the molecule is CCn1cc(Oc2cc(C=O)ccc2C)cn1. The van der Waals surface area contributed by atoms with Crippen molar-refractivity contribution in [2.24, 2.45) is 0 Å². The van der Waals surface area contributed by atoms with E-state index in [2.05, 4.69) is 5.10 Å². The fraction of sp³-hybridized carbons (Fsp3) is 0.231. The number of aldehydes is 1. The van der Waals surface area contributed by atoms with E-state index in [1.165, 1.54) is 0 Å². The highest BCUT2D eigenvalue weighted by Gasteiger charge is 2.04. The molecule has 0 aliphatic rings. The van der Waals surface area contributed by atoms with Gasteiger partial charge in [0.05, 0.1) is 12.4 Å². The smallest absolute Gasteiger partial charge is 0.165 e. The third kappa shape index (κ3) is 2.53. The minimum absolute atomic E-state index is 0.605. The van der Waals surface area contributed by atoms with Gasteiger partial charge in [-0.15, -0.1) is 0 Å². The molecule has 2 rings (SSSR count). The third-order valence-electron chi connectivity index (χ3n) is 2.51. The molecule has 0 radical (unpaired) electrons. The van der Waals surface area contributed by atoms with Crippen LogP contribution in [0.1, 0.15) is 22.8 Å². The maximum absolute atomic E-state index is 10.7. The number of hydrogen-bond donors (Lipinski definition) is 0. The zero-order valence-electron chi connectivity index (χ0n) is 9.88. The predicted octanol–water partition coefficient (Wildman–Crippen LogP) is 2.82. The van der Waals surface area contributed by atoms with Gasteiger partial charge in [0.2, 0.25) is 0 Å². The molecule has 0 amide bonds. The number of carbonyl (C=O) groups excluding carboxylic acids is 1. The van der Waals surface area contributed by atoms with Gasteiger partial charge in [-0.05, 0) is 25.5 Å². The van der Waals surface area contributed by atoms with Gasteiger partial charge in [0.25, 0.3) is 0 Å². The van der Waals surface area contributed by atoms with Gasteiger partial charge in [0, 0.05) is 12.1 Å². The summed E-state index contributed by atoms with van der Waals surface area (Å²) in [5.74, 6) is 1.36. The molecule has 0 aliphatic heterocycles. The zero-order chi connectivity index (χ0) is 12.3. The average Bonchev–Trinajstić information content (AvgIpc) is 2.80. The highest BCUT2D eigenvalue weighted by atomic mass is 16.5. The Kier molecular flexibility index (Phi) is 3.23. The van der Waals surface area contributed by atoms with Crippen molar-refractivity contribution in [3.63, 3.8) is 0 Å². The van der Waals surface area contributed by atoms with Crippen molar-refractivity contribution in [1.29, 1.82) is 0 Å². The summed E-state index contributed by atoms with van der Waals surface area (Å²) in [6, 6.07) is 5.36. The summed E-state index contributed by atoms with van der Waals surface area (Å²) in [5.41, 5.74) is 1.59. The van der Waals surface area contributed by atoms with Gasteiger partial charge >= 0.3 is 0 Å². The molecule has 4 heteroatoms. The van der Waals surface area contributed by atoms with Crippen LogP contribution in [0, 0.1) is 6.92 Å². The largest absolute Gasteiger partial charge is 0.454 e. The fourth-order valence-electron chi connectivity index (χ4n) is 1.50. The van der Waals surface area contributed by atoms with Gasteiger partial charge in [-0.25, -0.2) is 0 Å². The molecule has 2 aromatic rings. The number of carbonyl (C=O) groups is 1. The van der Waals surface area contributed by atoms with E-state index >= 15 is 0 Å². The first kappa shape index (κ1) is 11.4. The molecule has 0 N–H and O–H groups in total. The number of aromatic nitrogens is 2. The van der Waals surface area contributed by atoms with Crippen LogP contribution in [0.4, 0.5) is 0 Å². The van der Waals surface area contributed by atoms with Crippen molar-refractivity contribution < 1.29 is 9.53 Å². The molecule has 1 aromatic heterocycles. The molecular formula is C13H14N2O2. The normalized spacial score (nSPS) is 10.2. The lowest BCUT2D eigenvalue weighted by atomic mass is 10.1. The molecule has 4 nitrogen and oxygen atoms in total. The Morgan fingerprint density at radius 3 is 2.94 bits per heavy atom. The van der Waals surface area contributed by atoms with Crippen LogP contribution in [0.15, 0.2) is 30.6 Å². The van der Waals surface area contributed by atoms with E-state index < -0.39 is 0 Å². The number of nitrogens with zero attached hydrogens (tertiary/aromatic N) is 2. The Labute approximate surface area is 99.8 Å². The van der Waals surface area contributed by atoms with Gasteiger partial charge in [0.1, 0.15) is 12.0 Å². The summed E-state index contributed by atoms with van der Waals surface area (Å²) in [6.07, 6.45) is 4.30. The number of rotatable bonds is 4. The Morgan fingerprint density at radius 1 is 1.47 bits per heavy atom. The van der Waals surface area contributed by atoms with Crippen LogP contribution in [0.25, 0.3) is 0 Å². The zero-order valence-corrected chi connectivity index (χ0v) is 9.88. The highest BCUT2D eigenvalue weighted by molar-refractivity contribution is 5.75. The predicted molar refractivity (Wildman–Crippen MR) is 64.5 cm³/mol. The molecule has 0 saturated carbocycles. The topological polar surface area (TPSA) is 44.1 Å². The molecule has 0 fully saturated rings. The molecule has 0 spiro atoms. The van der Waals surface area contributed by atoms with E-state index in [1.807, 2.05) is 26.1 Å². The van der Waals surface area contributed by atoms with Crippen LogP contribution in [-0.4, -0.2) is 16.1 Å². The second kappa shape index (κ2) is 4.82. The fourth-order valence-corrected chi connectivity index (χ4v) is 1.50. The molecule has 0 atom stereocenters. The number of ether oxygens (including phenoxy) is 1. The first-order valence-electron chi connectivity index (χ1n) is 5.49. The molecular weight excluding hydrogens is 216 g/mol. The molecule has 0 aliphatic carbocycles. The molecule has 88 valence electrons. The monoisotopic (exact) mass is 230 g/mol. The number of benzene rings is 1. The Bertz CT molecular complexity index is 532. The van der Waals surface area contributed by atoms with E-state index in [0.717, 1.165) is 18.4 Å². The summed E-state index contributed by atoms with van der Waals surface area (Å²) < 4.78 is 7.48. The van der Waals surface area contributed by atoms with Crippen LogP contribution in [-0.2, 0) is 6.54 Å². The molecule has 0 unspecified atom stereocenters. The van der Waals surface area contributed by atoms with E-state index in [1.54, 1.807) is 23.0 Å². The summed E-state index contributed by atoms with van der Waals surface area (Å²) in [6.45, 7) is 4.75. The minimum Gasteiger partial charge on any atom is -0.454 e. The third-order valence-corrected chi connectivity index (χ3v) is 2.51. The van der Waals surface area contributed by atoms with Gasteiger partial charge < -0.3 is 4.74 Å². The van der Waals surface area contributed by atoms with Crippen molar-refractivity contribution in [3.8, 4) is 11.5 Å². The maximum Gasteiger partial charge on any atom is 0.165 e. The lowest BCUT2D eigenvalue weighted by molar-refractivity contribution is 0.112. The Morgan fingerprint density at radius 2 is 2.29 bits per heavy atom. The van der Waals surface area contributed by atoms with Gasteiger partial charge in [-0.3, -0.25) is 9.48 Å². The molecule has 1 heterocycles. The van der Waals surface area contributed by atoms with Crippen LogP contribution >= 0.6 is 0 Å². The van der Waals surface area contributed by atoms with E-state index in [9.17, 15) is 4.79 Å². The van der Waals surface area contributed by atoms with Crippen LogP contribution in [0.3, 0.4) is 0 Å². The van der Waals surface area contributed by atoms with Crippen molar-refractivity contribution in [3.05, 3.63) is 41.7 Å². The second-order valence-corrected chi connectivity index (χ2v) is 3.78. The van der Waals surface area contributed by atoms with Crippen LogP contribution in [0.2, 0.25) is 0 Å². The van der Waals surface area contributed by atoms with Crippen LogP contribution in [0.5, 0.6) is 11.5 Å². The summed E-state index contributed by atoms with van der Waals surface area (Å²) in [5, 5.41) is 4.13.